The van der Waals surface area contributed by atoms with E-state index in [9.17, 15) is 4.79 Å². The Labute approximate surface area is 75.7 Å². The molecule has 0 saturated heterocycles. The fourth-order valence-electron chi connectivity index (χ4n) is 1.48. The topological polar surface area (TPSA) is 34.9 Å². The fraction of sp³-hybridized carbons (Fsp3) is 0.200. The number of rotatable bonds is 0. The van der Waals surface area contributed by atoms with Gasteiger partial charge in [0.1, 0.15) is 5.65 Å². The average molecular weight is 174 g/mol. The molecule has 0 atom stereocenters. The molecule has 0 saturated carbocycles. The maximum atomic E-state index is 11.6. The fourth-order valence-corrected chi connectivity index (χ4v) is 1.48. The summed E-state index contributed by atoms with van der Waals surface area (Å²) in [6.07, 6.45) is 3.49. The van der Waals surface area contributed by atoms with Crippen LogP contribution in [0.3, 0.4) is 0 Å². The Kier molecular flexibility index (Phi) is 1.65. The molecule has 13 heavy (non-hydrogen) atoms. The minimum atomic E-state index is 0.0706. The minimum Gasteiger partial charge on any atom is -0.335 e. The molecule has 2 rings (SSSR count). The zero-order valence-corrected chi connectivity index (χ0v) is 7.61. The van der Waals surface area contributed by atoms with Gasteiger partial charge in [-0.2, -0.15) is 0 Å². The lowest BCUT2D eigenvalue weighted by Gasteiger charge is -2.04. The lowest BCUT2D eigenvalue weighted by Crippen LogP contribution is -2.10. The standard InChI is InChI=1S/C10H10N2O/c1-7-6-12(2)10-8(9(7)13)4-3-5-11-10/h3-6H,1-2H3. The summed E-state index contributed by atoms with van der Waals surface area (Å²) in [7, 11) is 1.89. The Morgan fingerprint density at radius 1 is 1.46 bits per heavy atom. The summed E-state index contributed by atoms with van der Waals surface area (Å²) in [5.41, 5.74) is 1.56. The molecular formula is C10H10N2O. The molecule has 0 bridgehead atoms. The lowest BCUT2D eigenvalue weighted by molar-refractivity contribution is 0.918. The van der Waals surface area contributed by atoms with Crippen LogP contribution < -0.4 is 5.43 Å². The van der Waals surface area contributed by atoms with E-state index in [1.165, 1.54) is 0 Å². The van der Waals surface area contributed by atoms with Gasteiger partial charge in [-0.3, -0.25) is 4.79 Å². The number of hydrogen-bond donors (Lipinski definition) is 0. The van der Waals surface area contributed by atoms with E-state index in [1.54, 1.807) is 24.5 Å². The Balaban J connectivity index is 3.06. The Morgan fingerprint density at radius 3 is 3.00 bits per heavy atom. The van der Waals surface area contributed by atoms with E-state index in [1.807, 2.05) is 18.5 Å². The first-order chi connectivity index (χ1) is 6.20. The molecule has 0 spiro atoms. The van der Waals surface area contributed by atoms with Gasteiger partial charge in [-0.1, -0.05) is 0 Å². The molecule has 0 unspecified atom stereocenters. The smallest absolute Gasteiger partial charge is 0.193 e. The van der Waals surface area contributed by atoms with Gasteiger partial charge in [0.15, 0.2) is 5.43 Å². The summed E-state index contributed by atoms with van der Waals surface area (Å²) < 4.78 is 1.87. The van der Waals surface area contributed by atoms with Crippen molar-refractivity contribution in [1.82, 2.24) is 9.55 Å². The highest BCUT2D eigenvalue weighted by Crippen LogP contribution is 2.05. The number of fused-ring (bicyclic) bond motifs is 1. The van der Waals surface area contributed by atoms with Crippen molar-refractivity contribution >= 4 is 11.0 Å². The SMILES string of the molecule is Cc1cn(C)c2ncccc2c1=O. The van der Waals surface area contributed by atoms with Gasteiger partial charge in [0.05, 0.1) is 5.39 Å². The highest BCUT2D eigenvalue weighted by Gasteiger charge is 2.03. The molecule has 2 heterocycles. The molecule has 2 aromatic rings. The number of aryl methyl sites for hydroxylation is 2. The van der Waals surface area contributed by atoms with E-state index in [0.717, 1.165) is 11.2 Å². The number of hydrogen-bond acceptors (Lipinski definition) is 2. The second kappa shape index (κ2) is 2.69. The lowest BCUT2D eigenvalue weighted by atomic mass is 10.2. The number of pyridine rings is 2. The molecule has 0 aliphatic rings. The first-order valence-corrected chi connectivity index (χ1v) is 4.11. The third-order valence-electron chi connectivity index (χ3n) is 2.11. The van der Waals surface area contributed by atoms with Crippen molar-refractivity contribution in [3.05, 3.63) is 40.3 Å². The van der Waals surface area contributed by atoms with Crippen molar-refractivity contribution < 1.29 is 0 Å². The van der Waals surface area contributed by atoms with Crippen LogP contribution in [0.15, 0.2) is 29.3 Å². The summed E-state index contributed by atoms with van der Waals surface area (Å²) in [6.45, 7) is 1.81. The van der Waals surface area contributed by atoms with Crippen LogP contribution in [0.5, 0.6) is 0 Å². The molecule has 3 nitrogen and oxygen atoms in total. The Bertz CT molecular complexity index is 514. The minimum absolute atomic E-state index is 0.0706. The highest BCUT2D eigenvalue weighted by atomic mass is 16.1. The third-order valence-corrected chi connectivity index (χ3v) is 2.11. The van der Waals surface area contributed by atoms with Crippen molar-refractivity contribution in [2.45, 2.75) is 6.92 Å². The quantitative estimate of drug-likeness (QED) is 0.602. The molecule has 66 valence electrons. The summed E-state index contributed by atoms with van der Waals surface area (Å²) in [5, 5.41) is 0.685. The van der Waals surface area contributed by atoms with Gasteiger partial charge in [-0.05, 0) is 19.1 Å². The second-order valence-corrected chi connectivity index (χ2v) is 3.13. The van der Waals surface area contributed by atoms with Crippen molar-refractivity contribution in [3.8, 4) is 0 Å². The summed E-state index contributed by atoms with van der Waals surface area (Å²) in [4.78, 5) is 15.8. The van der Waals surface area contributed by atoms with Crippen LogP contribution in [0.4, 0.5) is 0 Å². The summed E-state index contributed by atoms with van der Waals surface area (Å²) in [5.74, 6) is 0. The van der Waals surface area contributed by atoms with Crippen LogP contribution in [0, 0.1) is 6.92 Å². The Morgan fingerprint density at radius 2 is 2.23 bits per heavy atom. The van der Waals surface area contributed by atoms with Crippen molar-refractivity contribution in [1.29, 1.82) is 0 Å². The van der Waals surface area contributed by atoms with Crippen LogP contribution in [0.2, 0.25) is 0 Å². The van der Waals surface area contributed by atoms with Crippen molar-refractivity contribution in [2.75, 3.05) is 0 Å². The van der Waals surface area contributed by atoms with E-state index >= 15 is 0 Å². The highest BCUT2D eigenvalue weighted by molar-refractivity contribution is 5.75. The molecule has 0 amide bonds. The van der Waals surface area contributed by atoms with E-state index < -0.39 is 0 Å². The van der Waals surface area contributed by atoms with Crippen molar-refractivity contribution in [2.24, 2.45) is 7.05 Å². The van der Waals surface area contributed by atoms with Crippen LogP contribution in [-0.2, 0) is 7.05 Å². The zero-order chi connectivity index (χ0) is 9.42. The first kappa shape index (κ1) is 7.98. The van der Waals surface area contributed by atoms with Crippen LogP contribution in [-0.4, -0.2) is 9.55 Å². The largest absolute Gasteiger partial charge is 0.335 e. The second-order valence-electron chi connectivity index (χ2n) is 3.13. The third kappa shape index (κ3) is 1.13. The zero-order valence-electron chi connectivity index (χ0n) is 7.61. The van der Waals surface area contributed by atoms with Crippen LogP contribution in [0.1, 0.15) is 5.56 Å². The van der Waals surface area contributed by atoms with Crippen molar-refractivity contribution in [3.63, 3.8) is 0 Å². The van der Waals surface area contributed by atoms with Crippen LogP contribution >= 0.6 is 0 Å². The summed E-state index contributed by atoms with van der Waals surface area (Å²) >= 11 is 0. The maximum Gasteiger partial charge on any atom is 0.193 e. The predicted molar refractivity (Wildman–Crippen MR) is 51.7 cm³/mol. The normalized spacial score (nSPS) is 10.6. The predicted octanol–water partition coefficient (Wildman–Crippen LogP) is 1.24. The monoisotopic (exact) mass is 174 g/mol. The van der Waals surface area contributed by atoms with Crippen LogP contribution in [0.25, 0.3) is 11.0 Å². The molecule has 2 aromatic heterocycles. The molecule has 0 aliphatic carbocycles. The molecule has 0 aliphatic heterocycles. The van der Waals surface area contributed by atoms with Gasteiger partial charge in [0, 0.05) is 25.0 Å². The van der Waals surface area contributed by atoms with Gasteiger partial charge >= 0.3 is 0 Å². The van der Waals surface area contributed by atoms with E-state index in [-0.39, 0.29) is 5.43 Å². The maximum absolute atomic E-state index is 11.6. The summed E-state index contributed by atoms with van der Waals surface area (Å²) in [6, 6.07) is 3.58. The van der Waals surface area contributed by atoms with E-state index in [2.05, 4.69) is 4.98 Å². The molecule has 3 heteroatoms. The first-order valence-electron chi connectivity index (χ1n) is 4.11. The molecular weight excluding hydrogens is 164 g/mol. The van der Waals surface area contributed by atoms with Gasteiger partial charge in [-0.25, -0.2) is 4.98 Å². The molecule has 0 N–H and O–H groups in total. The van der Waals surface area contributed by atoms with Gasteiger partial charge in [0.2, 0.25) is 0 Å². The molecule has 0 radical (unpaired) electrons. The Hall–Kier alpha value is -1.64. The molecule has 0 fully saturated rings. The van der Waals surface area contributed by atoms with E-state index in [4.69, 9.17) is 0 Å². The van der Waals surface area contributed by atoms with E-state index in [0.29, 0.717) is 5.39 Å². The number of aromatic nitrogens is 2. The average Bonchev–Trinajstić information content (AvgIpc) is 2.15. The van der Waals surface area contributed by atoms with Gasteiger partial charge in [0.25, 0.3) is 0 Å². The number of nitrogens with zero attached hydrogens (tertiary/aromatic N) is 2. The van der Waals surface area contributed by atoms with Gasteiger partial charge < -0.3 is 4.57 Å². The molecule has 0 aromatic carbocycles. The van der Waals surface area contributed by atoms with Gasteiger partial charge in [-0.15, -0.1) is 0 Å².